The summed E-state index contributed by atoms with van der Waals surface area (Å²) in [7, 11) is -5.57. The van der Waals surface area contributed by atoms with E-state index in [0.717, 1.165) is 58.3 Å². The molecule has 0 aliphatic carbocycles. The van der Waals surface area contributed by atoms with Crippen LogP contribution >= 0.6 is 0 Å². The Morgan fingerprint density at radius 1 is 0.732 bits per heavy atom. The molecule has 1 heterocycles. The van der Waals surface area contributed by atoms with Crippen molar-refractivity contribution in [3.8, 4) is 11.5 Å². The van der Waals surface area contributed by atoms with Crippen molar-refractivity contribution >= 4 is 45.8 Å². The molecule has 56 heavy (non-hydrogen) atoms. The lowest BCUT2D eigenvalue weighted by atomic mass is 10.1. The lowest BCUT2D eigenvalue weighted by Gasteiger charge is -2.34. The highest BCUT2D eigenvalue weighted by Gasteiger charge is 2.33. The molecule has 0 unspecified atom stereocenters. The summed E-state index contributed by atoms with van der Waals surface area (Å²) in [5, 5.41) is 5.97. The van der Waals surface area contributed by atoms with E-state index in [4.69, 9.17) is 13.9 Å². The molecule has 0 saturated heterocycles. The third-order valence-corrected chi connectivity index (χ3v) is 16.5. The number of hydrogen-bond donors (Lipinski definition) is 1. The van der Waals surface area contributed by atoms with E-state index in [1.807, 2.05) is 68.4 Å². The van der Waals surface area contributed by atoms with Crippen LogP contribution in [0.2, 0.25) is 18.1 Å². The number of aromatic nitrogens is 1. The van der Waals surface area contributed by atoms with Crippen molar-refractivity contribution < 1.29 is 22.3 Å². The highest BCUT2D eigenvalue weighted by Crippen LogP contribution is 2.35. The molecule has 6 rings (SSSR count). The topological polar surface area (TPSA) is 82.0 Å². The van der Waals surface area contributed by atoms with Crippen molar-refractivity contribution in [2.24, 2.45) is 0 Å². The molecule has 5 aromatic carbocycles. The Kier molecular flexibility index (Phi) is 13.6. The van der Waals surface area contributed by atoms with Gasteiger partial charge in [0.25, 0.3) is 0 Å². The Balaban J connectivity index is 1.20. The monoisotopic (exact) mass is 791 g/mol. The van der Waals surface area contributed by atoms with Gasteiger partial charge in [-0.3, -0.25) is 4.31 Å². The van der Waals surface area contributed by atoms with Gasteiger partial charge in [-0.25, -0.2) is 8.42 Å². The van der Waals surface area contributed by atoms with Crippen LogP contribution in [0.1, 0.15) is 57.4 Å². The van der Waals surface area contributed by atoms with Gasteiger partial charge in [-0.2, -0.15) is 0 Å². The molecule has 6 aromatic rings. The van der Waals surface area contributed by atoms with Gasteiger partial charge >= 0.3 is 0 Å². The zero-order chi connectivity index (χ0) is 39.7. The second-order valence-electron chi connectivity index (χ2n) is 14.8. The zero-order valence-corrected chi connectivity index (χ0v) is 35.5. The van der Waals surface area contributed by atoms with Crippen LogP contribution in [0.15, 0.2) is 121 Å². The third-order valence-electron chi connectivity index (χ3n) is 10.7. The van der Waals surface area contributed by atoms with Gasteiger partial charge in [-0.1, -0.05) is 93.6 Å². The molecule has 296 valence electrons. The van der Waals surface area contributed by atoms with E-state index in [2.05, 4.69) is 97.4 Å². The Morgan fingerprint density at radius 3 is 1.95 bits per heavy atom. The van der Waals surface area contributed by atoms with Crippen LogP contribution in [-0.2, 0) is 27.5 Å². The van der Waals surface area contributed by atoms with Crippen LogP contribution in [0.3, 0.4) is 0 Å². The Labute approximate surface area is 334 Å². The van der Waals surface area contributed by atoms with Crippen molar-refractivity contribution in [2.75, 3.05) is 30.3 Å². The molecule has 0 radical (unpaired) electrons. The molecule has 0 fully saturated rings. The van der Waals surface area contributed by atoms with Gasteiger partial charge in [0.2, 0.25) is 10.0 Å². The smallest absolute Gasteiger partial charge is 0.232 e. The number of nitrogens with one attached hydrogen (secondary N) is 1. The Morgan fingerprint density at radius 2 is 1.34 bits per heavy atom. The van der Waals surface area contributed by atoms with Gasteiger partial charge in [-0.05, 0) is 85.1 Å². The summed E-state index contributed by atoms with van der Waals surface area (Å²) in [5.41, 5.74) is 5.98. The quantitative estimate of drug-likeness (QED) is 0.0613. The minimum atomic E-state index is -3.54. The van der Waals surface area contributed by atoms with Crippen LogP contribution in [0.5, 0.6) is 11.5 Å². The number of hydrogen-bond acceptors (Lipinski definition) is 6. The molecule has 1 aromatic heterocycles. The summed E-state index contributed by atoms with van der Waals surface area (Å²) in [6.07, 6.45) is 1.11. The number of anilines is 1. The van der Waals surface area contributed by atoms with Crippen LogP contribution in [0.4, 0.5) is 5.69 Å². The number of nitrogens with zero attached hydrogens (tertiary/aromatic N) is 2. The minimum Gasteiger partial charge on any atom is -0.492 e. The fourth-order valence-corrected chi connectivity index (χ4v) is 11.2. The summed E-state index contributed by atoms with van der Waals surface area (Å²) < 4.78 is 49.6. The lowest BCUT2D eigenvalue weighted by Crippen LogP contribution is -2.40. The first-order valence-corrected chi connectivity index (χ1v) is 24.3. The summed E-state index contributed by atoms with van der Waals surface area (Å²) in [6.45, 7) is 13.4. The van der Waals surface area contributed by atoms with Crippen LogP contribution < -0.4 is 19.1 Å². The van der Waals surface area contributed by atoms with E-state index < -0.39 is 18.3 Å². The van der Waals surface area contributed by atoms with Gasteiger partial charge in [0, 0.05) is 42.5 Å². The molecule has 0 saturated carbocycles. The molecule has 0 aliphatic heterocycles. The van der Waals surface area contributed by atoms with E-state index >= 15 is 0 Å². The van der Waals surface area contributed by atoms with E-state index in [1.54, 1.807) is 0 Å². The fraction of sp³-hybridized carbons (Fsp3) is 0.348. The molecule has 1 N–H and O–H groups in total. The van der Waals surface area contributed by atoms with Gasteiger partial charge in [0.15, 0.2) is 8.32 Å². The summed E-state index contributed by atoms with van der Waals surface area (Å²) >= 11 is 0. The molecular formula is C46H57N3O5SSi. The highest BCUT2D eigenvalue weighted by atomic mass is 32.2. The standard InChI is InChI=1S/C46H57N3O5SSi/c1-7-56(8-2,9-3)54-46(38-21-16-22-39(29-38)49(55(6,50)51)34-37-19-14-11-15-20-37)32-47-27-28-52-40-23-25-42-43-26-24-41(53-35(4)5)31-45(43)48(44(42)30-40)33-36-17-12-10-13-18-36/h10-26,29-31,35,46-47H,7-9,27-28,32-34H2,1-6H3/t46-/m0/s1. The Bertz CT molecular complexity index is 2280. The van der Waals surface area contributed by atoms with E-state index in [1.165, 1.54) is 26.9 Å². The molecular weight excluding hydrogens is 735 g/mol. The van der Waals surface area contributed by atoms with Crippen LogP contribution in [0.25, 0.3) is 21.8 Å². The van der Waals surface area contributed by atoms with Crippen molar-refractivity contribution in [1.29, 1.82) is 0 Å². The molecule has 1 atom stereocenters. The largest absolute Gasteiger partial charge is 0.492 e. The summed E-state index contributed by atoms with van der Waals surface area (Å²) in [4.78, 5) is 0. The molecule has 0 amide bonds. The average Bonchev–Trinajstić information content (AvgIpc) is 3.49. The molecule has 0 aliphatic rings. The van der Waals surface area contributed by atoms with Crippen molar-refractivity contribution in [3.05, 3.63) is 138 Å². The Hall–Kier alpha value is -4.61. The van der Waals surface area contributed by atoms with Crippen LogP contribution in [0, 0.1) is 0 Å². The first kappa shape index (κ1) is 41.0. The molecule has 8 nitrogen and oxygen atoms in total. The van der Waals surface area contributed by atoms with E-state index in [0.29, 0.717) is 25.4 Å². The number of fused-ring (bicyclic) bond motifs is 3. The lowest BCUT2D eigenvalue weighted by molar-refractivity contribution is 0.183. The first-order valence-electron chi connectivity index (χ1n) is 19.9. The van der Waals surface area contributed by atoms with Gasteiger partial charge in [0.1, 0.15) is 18.1 Å². The van der Waals surface area contributed by atoms with Crippen molar-refractivity contribution in [2.45, 2.75) is 78.0 Å². The molecule has 0 bridgehead atoms. The summed E-state index contributed by atoms with van der Waals surface area (Å²) in [5.74, 6) is 1.67. The highest BCUT2D eigenvalue weighted by molar-refractivity contribution is 7.92. The van der Waals surface area contributed by atoms with Gasteiger partial charge < -0.3 is 23.8 Å². The van der Waals surface area contributed by atoms with Crippen molar-refractivity contribution in [3.63, 3.8) is 0 Å². The van der Waals surface area contributed by atoms with Gasteiger partial charge in [0.05, 0.1) is 41.7 Å². The van der Waals surface area contributed by atoms with Crippen LogP contribution in [-0.4, -0.2) is 53.4 Å². The predicted octanol–water partition coefficient (Wildman–Crippen LogP) is 10.3. The van der Waals surface area contributed by atoms with E-state index in [9.17, 15) is 8.42 Å². The number of rotatable bonds is 20. The molecule has 0 spiro atoms. The SMILES string of the molecule is CC[Si](CC)(CC)O[C@@H](CNCCOc1ccc2c3ccc(OC(C)C)cc3n(Cc3ccccc3)c2c1)c1cccc(N(Cc2ccccc2)S(C)(=O)=O)c1. The summed E-state index contributed by atoms with van der Waals surface area (Å²) in [6, 6.07) is 43.8. The second kappa shape index (κ2) is 18.6. The first-order chi connectivity index (χ1) is 27.0. The van der Waals surface area contributed by atoms with Crippen molar-refractivity contribution in [1.82, 2.24) is 9.88 Å². The van der Waals surface area contributed by atoms with E-state index in [-0.39, 0.29) is 18.8 Å². The zero-order valence-electron chi connectivity index (χ0n) is 33.7. The molecule has 10 heteroatoms. The maximum Gasteiger partial charge on any atom is 0.232 e. The number of sulfonamides is 1. The minimum absolute atomic E-state index is 0.0877. The number of ether oxygens (including phenoxy) is 2. The van der Waals surface area contributed by atoms with Gasteiger partial charge in [-0.15, -0.1) is 0 Å². The fourth-order valence-electron chi connectivity index (χ4n) is 7.46. The second-order valence-corrected chi connectivity index (χ2v) is 21.5. The maximum atomic E-state index is 13.1. The third kappa shape index (κ3) is 10.0. The maximum absolute atomic E-state index is 13.1. The number of benzene rings is 5. The normalized spacial score (nSPS) is 12.7. The predicted molar refractivity (Wildman–Crippen MR) is 234 cm³/mol. The average molecular weight is 792 g/mol.